The number of nitrogens with one attached hydrogen (secondary N) is 1. The molecule has 1 heterocycles. The molecule has 0 radical (unpaired) electrons. The maximum absolute atomic E-state index is 5.95. The molecule has 20 heavy (non-hydrogen) atoms. The standard InChI is InChI=1S/C15H28BrN3O/c1-6-9-14(20-8-3)12(17-7-2)10-13-15(16)11(4)18-19(13)5/h12,14,17H,6-10H2,1-5H3. The van der Waals surface area contributed by atoms with Crippen LogP contribution in [0.4, 0.5) is 0 Å². The summed E-state index contributed by atoms with van der Waals surface area (Å²) in [5.41, 5.74) is 2.27. The van der Waals surface area contributed by atoms with Crippen molar-refractivity contribution in [2.45, 2.75) is 59.1 Å². The largest absolute Gasteiger partial charge is 0.377 e. The Morgan fingerprint density at radius 1 is 1.35 bits per heavy atom. The molecule has 0 amide bonds. The van der Waals surface area contributed by atoms with Gasteiger partial charge in [0, 0.05) is 26.1 Å². The van der Waals surface area contributed by atoms with Gasteiger partial charge in [-0.05, 0) is 42.7 Å². The lowest BCUT2D eigenvalue weighted by Crippen LogP contribution is -2.43. The van der Waals surface area contributed by atoms with Crippen LogP contribution in [0.25, 0.3) is 0 Å². The third-order valence-electron chi connectivity index (χ3n) is 3.54. The third kappa shape index (κ3) is 4.57. The van der Waals surface area contributed by atoms with Gasteiger partial charge in [-0.25, -0.2) is 0 Å². The molecule has 0 spiro atoms. The highest BCUT2D eigenvalue weighted by Crippen LogP contribution is 2.23. The van der Waals surface area contributed by atoms with Crippen LogP contribution >= 0.6 is 15.9 Å². The molecule has 1 aromatic heterocycles. The van der Waals surface area contributed by atoms with Crippen molar-refractivity contribution in [3.63, 3.8) is 0 Å². The minimum Gasteiger partial charge on any atom is -0.377 e. The van der Waals surface area contributed by atoms with Gasteiger partial charge in [0.15, 0.2) is 0 Å². The van der Waals surface area contributed by atoms with Gasteiger partial charge in [0.1, 0.15) is 0 Å². The lowest BCUT2D eigenvalue weighted by molar-refractivity contribution is 0.0281. The Morgan fingerprint density at radius 3 is 2.50 bits per heavy atom. The van der Waals surface area contributed by atoms with Gasteiger partial charge in [0.2, 0.25) is 0 Å². The molecule has 0 bridgehead atoms. The highest BCUT2D eigenvalue weighted by molar-refractivity contribution is 9.10. The van der Waals surface area contributed by atoms with Crippen LogP contribution in [0.5, 0.6) is 0 Å². The van der Waals surface area contributed by atoms with Crippen LogP contribution in [0.1, 0.15) is 45.0 Å². The van der Waals surface area contributed by atoms with E-state index in [2.05, 4.69) is 47.1 Å². The van der Waals surface area contributed by atoms with Gasteiger partial charge in [-0.3, -0.25) is 4.68 Å². The quantitative estimate of drug-likeness (QED) is 0.746. The van der Waals surface area contributed by atoms with E-state index in [4.69, 9.17) is 4.74 Å². The molecule has 1 aromatic rings. The number of likely N-dealkylation sites (N-methyl/N-ethyl adjacent to an activating group) is 1. The lowest BCUT2D eigenvalue weighted by Gasteiger charge is -2.27. The van der Waals surface area contributed by atoms with E-state index in [0.717, 1.165) is 42.6 Å². The molecular formula is C15H28BrN3O. The maximum Gasteiger partial charge on any atom is 0.0738 e. The molecule has 2 unspecified atom stereocenters. The fraction of sp³-hybridized carbons (Fsp3) is 0.800. The highest BCUT2D eigenvalue weighted by atomic mass is 79.9. The van der Waals surface area contributed by atoms with Gasteiger partial charge in [-0.15, -0.1) is 0 Å². The van der Waals surface area contributed by atoms with Crippen LogP contribution in [-0.4, -0.2) is 35.1 Å². The molecular weight excluding hydrogens is 318 g/mol. The van der Waals surface area contributed by atoms with Gasteiger partial charge in [-0.1, -0.05) is 20.3 Å². The lowest BCUT2D eigenvalue weighted by atomic mass is 10.0. The second-order valence-electron chi connectivity index (χ2n) is 5.12. The minimum atomic E-state index is 0.257. The first-order valence-corrected chi connectivity index (χ1v) is 8.37. The van der Waals surface area contributed by atoms with Crippen molar-refractivity contribution in [3.8, 4) is 0 Å². The van der Waals surface area contributed by atoms with E-state index in [-0.39, 0.29) is 6.10 Å². The number of nitrogens with zero attached hydrogens (tertiary/aromatic N) is 2. The van der Waals surface area contributed by atoms with E-state index in [1.54, 1.807) is 0 Å². The smallest absolute Gasteiger partial charge is 0.0738 e. The second kappa shape index (κ2) is 8.80. The molecule has 4 nitrogen and oxygen atoms in total. The first-order valence-electron chi connectivity index (χ1n) is 7.57. The normalized spacial score (nSPS) is 14.5. The Morgan fingerprint density at radius 2 is 2.05 bits per heavy atom. The highest BCUT2D eigenvalue weighted by Gasteiger charge is 2.24. The first kappa shape index (κ1) is 17.7. The Bertz CT molecular complexity index is 400. The van der Waals surface area contributed by atoms with Crippen molar-refractivity contribution in [1.82, 2.24) is 15.1 Å². The van der Waals surface area contributed by atoms with E-state index in [1.807, 2.05) is 18.7 Å². The van der Waals surface area contributed by atoms with Gasteiger partial charge in [-0.2, -0.15) is 5.10 Å². The Labute approximate surface area is 131 Å². The zero-order valence-corrected chi connectivity index (χ0v) is 15.0. The number of aryl methyl sites for hydroxylation is 2. The van der Waals surface area contributed by atoms with E-state index >= 15 is 0 Å². The Kier molecular flexibility index (Phi) is 7.77. The molecule has 2 atom stereocenters. The SMILES string of the molecule is CCCC(OCC)C(Cc1c(Br)c(C)nn1C)NCC. The molecule has 0 aromatic carbocycles. The molecule has 5 heteroatoms. The molecule has 116 valence electrons. The zero-order chi connectivity index (χ0) is 15.1. The first-order chi connectivity index (χ1) is 9.54. The number of hydrogen-bond acceptors (Lipinski definition) is 3. The molecule has 0 aliphatic carbocycles. The van der Waals surface area contributed by atoms with Gasteiger partial charge in [0.05, 0.1) is 22.0 Å². The Balaban J connectivity index is 2.89. The van der Waals surface area contributed by atoms with Gasteiger partial charge >= 0.3 is 0 Å². The fourth-order valence-electron chi connectivity index (χ4n) is 2.61. The molecule has 0 aliphatic heterocycles. The van der Waals surface area contributed by atoms with Crippen molar-refractivity contribution < 1.29 is 4.74 Å². The average molecular weight is 346 g/mol. The summed E-state index contributed by atoms with van der Waals surface area (Å²) < 4.78 is 9.04. The van der Waals surface area contributed by atoms with Crippen molar-refractivity contribution >= 4 is 15.9 Å². The summed E-state index contributed by atoms with van der Waals surface area (Å²) in [6.07, 6.45) is 3.40. The summed E-state index contributed by atoms with van der Waals surface area (Å²) in [6, 6.07) is 0.325. The Hall–Kier alpha value is -0.390. The van der Waals surface area contributed by atoms with Crippen LogP contribution in [-0.2, 0) is 18.2 Å². The number of hydrogen-bond donors (Lipinski definition) is 1. The van der Waals surface area contributed by atoms with Gasteiger partial charge in [0.25, 0.3) is 0 Å². The van der Waals surface area contributed by atoms with Gasteiger partial charge < -0.3 is 10.1 Å². The van der Waals surface area contributed by atoms with Crippen LogP contribution in [0.3, 0.4) is 0 Å². The van der Waals surface area contributed by atoms with Crippen LogP contribution < -0.4 is 5.32 Å². The monoisotopic (exact) mass is 345 g/mol. The number of rotatable bonds is 9. The van der Waals surface area contributed by atoms with E-state index < -0.39 is 0 Å². The summed E-state index contributed by atoms with van der Waals surface area (Å²) in [4.78, 5) is 0. The summed E-state index contributed by atoms with van der Waals surface area (Å²) >= 11 is 3.66. The zero-order valence-electron chi connectivity index (χ0n) is 13.4. The number of aromatic nitrogens is 2. The van der Waals surface area contributed by atoms with E-state index in [0.29, 0.717) is 6.04 Å². The van der Waals surface area contributed by atoms with Crippen molar-refractivity contribution in [3.05, 3.63) is 15.9 Å². The van der Waals surface area contributed by atoms with E-state index in [1.165, 1.54) is 5.69 Å². The average Bonchev–Trinajstić information content (AvgIpc) is 2.64. The summed E-state index contributed by atoms with van der Waals surface area (Å²) in [7, 11) is 2.01. The summed E-state index contributed by atoms with van der Waals surface area (Å²) in [5.74, 6) is 0. The number of halogens is 1. The fourth-order valence-corrected chi connectivity index (χ4v) is 3.10. The topological polar surface area (TPSA) is 39.1 Å². The predicted molar refractivity (Wildman–Crippen MR) is 87.1 cm³/mol. The summed E-state index contributed by atoms with van der Waals surface area (Å²) in [5, 5.41) is 8.05. The molecule has 0 saturated heterocycles. The van der Waals surface area contributed by atoms with Crippen LogP contribution in [0.2, 0.25) is 0 Å². The molecule has 0 aliphatic rings. The van der Waals surface area contributed by atoms with Crippen molar-refractivity contribution in [2.24, 2.45) is 7.05 Å². The number of ether oxygens (including phenoxy) is 1. The van der Waals surface area contributed by atoms with E-state index in [9.17, 15) is 0 Å². The molecule has 0 saturated carbocycles. The maximum atomic E-state index is 5.95. The van der Waals surface area contributed by atoms with Crippen molar-refractivity contribution in [2.75, 3.05) is 13.2 Å². The third-order valence-corrected chi connectivity index (χ3v) is 4.58. The summed E-state index contributed by atoms with van der Waals surface area (Å²) in [6.45, 7) is 10.2. The second-order valence-corrected chi connectivity index (χ2v) is 5.91. The molecule has 1 rings (SSSR count). The van der Waals surface area contributed by atoms with Crippen molar-refractivity contribution in [1.29, 1.82) is 0 Å². The molecule has 1 N–H and O–H groups in total. The van der Waals surface area contributed by atoms with Crippen LogP contribution in [0, 0.1) is 6.92 Å². The minimum absolute atomic E-state index is 0.257. The van der Waals surface area contributed by atoms with Crippen LogP contribution in [0.15, 0.2) is 4.47 Å². The predicted octanol–water partition coefficient (Wildman–Crippen LogP) is 3.22. The molecule has 0 fully saturated rings.